The maximum Gasteiger partial charge on any atom is 0.220 e. The van der Waals surface area contributed by atoms with E-state index in [1.165, 1.54) is 0 Å². The summed E-state index contributed by atoms with van der Waals surface area (Å²) in [6.45, 7) is 7.65. The first-order valence-electron chi connectivity index (χ1n) is 7.70. The van der Waals surface area contributed by atoms with Crippen LogP contribution in [0.1, 0.15) is 32.6 Å². The number of nitrogen functional groups attached to an aromatic ring is 2. The first-order chi connectivity index (χ1) is 11.3. The van der Waals surface area contributed by atoms with Gasteiger partial charge in [-0.05, 0) is 31.0 Å². The van der Waals surface area contributed by atoms with E-state index >= 15 is 0 Å². The van der Waals surface area contributed by atoms with Crippen LogP contribution < -0.4 is 16.8 Å². The Kier molecular flexibility index (Phi) is 7.74. The maximum atomic E-state index is 9.71. The van der Waals surface area contributed by atoms with E-state index in [1.54, 1.807) is 14.0 Å². The molecular weight excluding hydrogens is 330 g/mol. The Morgan fingerprint density at radius 3 is 2.54 bits per heavy atom. The molecule has 0 aromatic carbocycles. The molecule has 2 unspecified atom stereocenters. The molecule has 136 valence electrons. The number of rotatable bonds is 6. The van der Waals surface area contributed by atoms with Gasteiger partial charge in [0.2, 0.25) is 5.12 Å². The largest absolute Gasteiger partial charge is 0.393 e. The molecule has 0 aliphatic heterocycles. The second-order valence-corrected chi connectivity index (χ2v) is 6.59. The lowest BCUT2D eigenvalue weighted by Crippen LogP contribution is -2.23. The van der Waals surface area contributed by atoms with Gasteiger partial charge in [-0.1, -0.05) is 6.92 Å². The van der Waals surface area contributed by atoms with E-state index < -0.39 is 5.12 Å². The van der Waals surface area contributed by atoms with Crippen LogP contribution in [0.25, 0.3) is 0 Å². The van der Waals surface area contributed by atoms with Crippen molar-refractivity contribution in [2.24, 2.45) is 0 Å². The van der Waals surface area contributed by atoms with E-state index in [0.29, 0.717) is 5.82 Å². The third-order valence-electron chi connectivity index (χ3n) is 3.73. The first-order valence-corrected chi connectivity index (χ1v) is 8.52. The van der Waals surface area contributed by atoms with Crippen LogP contribution in [0.2, 0.25) is 0 Å². The van der Waals surface area contributed by atoms with Crippen molar-refractivity contribution in [2.75, 3.05) is 23.9 Å². The number of nitrogens with two attached hydrogens (primary N) is 2. The monoisotopic (exact) mass is 357 g/mol. The normalized spacial score (nSPS) is 20.3. The molecule has 1 aliphatic rings. The second kappa shape index (κ2) is 9.07. The molecule has 0 amide bonds. The fourth-order valence-corrected chi connectivity index (χ4v) is 3.04. The van der Waals surface area contributed by atoms with Crippen molar-refractivity contribution in [3.8, 4) is 0 Å². The average molecular weight is 357 g/mol. The molecule has 0 saturated heterocycles. The predicted molar refractivity (Wildman–Crippen MR) is 97.5 cm³/mol. The number of methoxy groups -OCH3 is 1. The smallest absolute Gasteiger partial charge is 0.220 e. The minimum atomic E-state index is -1.94. The van der Waals surface area contributed by atoms with Gasteiger partial charge in [0.15, 0.2) is 16.8 Å². The summed E-state index contributed by atoms with van der Waals surface area (Å²) in [5.41, 5.74) is 12.0. The molecule has 1 saturated carbocycles. The summed E-state index contributed by atoms with van der Waals surface area (Å²) < 4.78 is 5.34. The fourth-order valence-electron chi connectivity index (χ4n) is 2.32. The van der Waals surface area contributed by atoms with Gasteiger partial charge in [-0.2, -0.15) is 0 Å². The van der Waals surface area contributed by atoms with Gasteiger partial charge >= 0.3 is 0 Å². The Morgan fingerprint density at radius 2 is 2.00 bits per heavy atom. The zero-order valence-corrected chi connectivity index (χ0v) is 15.0. The van der Waals surface area contributed by atoms with Crippen molar-refractivity contribution in [1.82, 2.24) is 9.97 Å². The molecule has 0 bridgehead atoms. The molecule has 7 N–H and O–H groups in total. The van der Waals surface area contributed by atoms with Crippen molar-refractivity contribution in [3.05, 3.63) is 13.2 Å². The Morgan fingerprint density at radius 1 is 1.33 bits per heavy atom. The van der Waals surface area contributed by atoms with E-state index in [0.717, 1.165) is 31.0 Å². The minimum absolute atomic E-state index is 0.119. The van der Waals surface area contributed by atoms with Crippen LogP contribution in [0.4, 0.5) is 17.3 Å². The van der Waals surface area contributed by atoms with Crippen molar-refractivity contribution >= 4 is 29.1 Å². The lowest BCUT2D eigenvalue weighted by atomic mass is 10.2. The van der Waals surface area contributed by atoms with Gasteiger partial charge in [-0.15, -0.1) is 13.2 Å². The highest BCUT2D eigenvalue weighted by Gasteiger charge is 2.27. The molecule has 1 aromatic heterocycles. The third kappa shape index (κ3) is 5.52. The fraction of sp³-hybridized carbons (Fsp3) is 0.600. The predicted octanol–water partition coefficient (Wildman–Crippen LogP) is 1.56. The molecule has 0 spiro atoms. The number of nitrogens with zero attached hydrogens (tertiary/aromatic N) is 2. The van der Waals surface area contributed by atoms with Crippen molar-refractivity contribution in [1.29, 1.82) is 0 Å². The number of thioether (sulfide) groups is 1. The van der Waals surface area contributed by atoms with E-state index in [-0.39, 0.29) is 35.2 Å². The van der Waals surface area contributed by atoms with Crippen LogP contribution in [0.15, 0.2) is 18.3 Å². The Labute approximate surface area is 146 Å². The summed E-state index contributed by atoms with van der Waals surface area (Å²) >= 11 is 0.735. The summed E-state index contributed by atoms with van der Waals surface area (Å²) in [4.78, 5) is 8.25. The number of hydrogen-bond acceptors (Lipinski definition) is 9. The topological polar surface area (TPSA) is 140 Å². The van der Waals surface area contributed by atoms with E-state index in [4.69, 9.17) is 16.2 Å². The summed E-state index contributed by atoms with van der Waals surface area (Å²) in [5, 5.41) is 20.9. The number of aliphatic hydroxyl groups is 2. The molecule has 1 aromatic rings. The van der Waals surface area contributed by atoms with Crippen LogP contribution in [0.5, 0.6) is 0 Å². The highest BCUT2D eigenvalue weighted by molar-refractivity contribution is 8.00. The lowest BCUT2D eigenvalue weighted by molar-refractivity contribution is -0.0777. The van der Waals surface area contributed by atoms with Crippen molar-refractivity contribution < 1.29 is 14.9 Å². The third-order valence-corrected chi connectivity index (χ3v) is 4.71. The van der Waals surface area contributed by atoms with Gasteiger partial charge in [0.05, 0.1) is 6.10 Å². The first kappa shape index (κ1) is 20.5. The molecule has 9 heteroatoms. The van der Waals surface area contributed by atoms with Crippen LogP contribution in [0.3, 0.4) is 0 Å². The van der Waals surface area contributed by atoms with Crippen LogP contribution in [-0.2, 0) is 4.74 Å². The summed E-state index contributed by atoms with van der Waals surface area (Å²) in [5.74, 6) is 0.539. The molecule has 24 heavy (non-hydrogen) atoms. The number of ether oxygens (including phenoxy) is 1. The molecule has 0 radical (unpaired) electrons. The number of anilines is 3. The van der Waals surface area contributed by atoms with Crippen molar-refractivity contribution in [3.63, 3.8) is 0 Å². The van der Waals surface area contributed by atoms with Crippen LogP contribution in [0, 0.1) is 0 Å². The average Bonchev–Trinajstić information content (AvgIpc) is 3.01. The van der Waals surface area contributed by atoms with Crippen molar-refractivity contribution in [2.45, 2.75) is 55.0 Å². The van der Waals surface area contributed by atoms with Gasteiger partial charge in [0.25, 0.3) is 0 Å². The minimum Gasteiger partial charge on any atom is -0.393 e. The van der Waals surface area contributed by atoms with Gasteiger partial charge in [-0.25, -0.2) is 9.97 Å². The SMILES string of the molecule is C=C.CCC(O)(O)Sc1nc(N)c(N)c(NC2CCC(OC)C2)n1. The summed E-state index contributed by atoms with van der Waals surface area (Å²) in [6.07, 6.45) is 3.15. The van der Waals surface area contributed by atoms with E-state index in [1.807, 2.05) is 0 Å². The standard InChI is InChI=1S/C13H23N5O3S.C2H4/c1-3-13(19,20)22-12-17-10(15)9(14)11(18-12)16-7-4-5-8(6-7)21-2;1-2/h7-8,19-20H,3-6,14H2,1-2H3,(H3,15,16,17,18);1-2H2. The molecule has 2 rings (SSSR count). The molecule has 1 fully saturated rings. The highest BCUT2D eigenvalue weighted by Crippen LogP contribution is 2.33. The Hall–Kier alpha value is -1.55. The zero-order valence-electron chi connectivity index (χ0n) is 14.2. The lowest BCUT2D eigenvalue weighted by Gasteiger charge is -2.20. The molecular formula is C15H27N5O3S. The maximum absolute atomic E-state index is 9.71. The molecule has 1 heterocycles. The Balaban J connectivity index is 0.00000139. The molecule has 2 atom stereocenters. The van der Waals surface area contributed by atoms with E-state index in [2.05, 4.69) is 28.4 Å². The van der Waals surface area contributed by atoms with Gasteiger partial charge < -0.3 is 31.7 Å². The van der Waals surface area contributed by atoms with Gasteiger partial charge in [0, 0.05) is 19.6 Å². The summed E-state index contributed by atoms with van der Waals surface area (Å²) in [7, 11) is 1.70. The van der Waals surface area contributed by atoms with Gasteiger partial charge in [-0.3, -0.25) is 0 Å². The zero-order chi connectivity index (χ0) is 18.3. The van der Waals surface area contributed by atoms with Gasteiger partial charge in [0.1, 0.15) is 5.69 Å². The summed E-state index contributed by atoms with van der Waals surface area (Å²) in [6, 6.07) is 0.193. The Bertz CT molecular complexity index is 544. The number of nitrogens with one attached hydrogen (secondary N) is 1. The van der Waals surface area contributed by atoms with E-state index in [9.17, 15) is 10.2 Å². The highest BCUT2D eigenvalue weighted by atomic mass is 32.2. The van der Waals surface area contributed by atoms with Crippen LogP contribution in [-0.4, -0.2) is 44.6 Å². The van der Waals surface area contributed by atoms with Crippen LogP contribution >= 0.6 is 11.8 Å². The second-order valence-electron chi connectivity index (χ2n) is 5.36. The number of hydrogen-bond donors (Lipinski definition) is 5. The molecule has 8 nitrogen and oxygen atoms in total. The molecule has 1 aliphatic carbocycles. The quantitative estimate of drug-likeness (QED) is 0.222. The number of aromatic nitrogens is 2.